The number of aryl methyl sites for hydroxylation is 1. The van der Waals surface area contributed by atoms with Gasteiger partial charge in [0.05, 0.1) is 39.2 Å². The molecule has 0 spiro atoms. The van der Waals surface area contributed by atoms with Crippen LogP contribution in [-0.2, 0) is 13.0 Å². The van der Waals surface area contributed by atoms with Gasteiger partial charge in [0.25, 0.3) is 0 Å². The van der Waals surface area contributed by atoms with E-state index in [2.05, 4.69) is 63.7 Å². The predicted molar refractivity (Wildman–Crippen MR) is 170 cm³/mol. The molecule has 0 amide bonds. The Hall–Kier alpha value is -2.80. The minimum atomic E-state index is -1.27. The molecule has 0 aliphatic carbocycles. The van der Waals surface area contributed by atoms with E-state index in [1.165, 1.54) is 18.8 Å². The monoisotopic (exact) mass is 813 g/mol. The van der Waals surface area contributed by atoms with Crippen LogP contribution in [-0.4, -0.2) is 48.0 Å². The van der Waals surface area contributed by atoms with Crippen molar-refractivity contribution in [2.45, 2.75) is 13.0 Å². The van der Waals surface area contributed by atoms with Crippen molar-refractivity contribution in [3.8, 4) is 39.5 Å². The molecule has 214 valence electrons. The lowest BCUT2D eigenvalue weighted by Crippen LogP contribution is -2.16. The molecule has 41 heavy (non-hydrogen) atoms. The van der Waals surface area contributed by atoms with E-state index in [1.54, 1.807) is 43.5 Å². The summed E-state index contributed by atoms with van der Waals surface area (Å²) < 4.78 is 19.7. The van der Waals surface area contributed by atoms with Crippen LogP contribution in [0.4, 0.5) is 0 Å². The van der Waals surface area contributed by atoms with Crippen LogP contribution in [0.15, 0.2) is 66.4 Å². The third-order valence-corrected chi connectivity index (χ3v) is 8.79. The van der Waals surface area contributed by atoms with Gasteiger partial charge in [-0.15, -0.1) is 0 Å². The maximum atomic E-state index is 12.9. The normalized spacial score (nSPS) is 10.9. The number of benzene rings is 3. The molecule has 4 aromatic rings. The zero-order valence-corrected chi connectivity index (χ0v) is 28.3. The lowest BCUT2D eigenvalue weighted by molar-refractivity contribution is 0.0677. The van der Waals surface area contributed by atoms with Crippen LogP contribution < -0.4 is 14.2 Å². The topological polar surface area (TPSA) is 107 Å². The second-order valence-electron chi connectivity index (χ2n) is 8.75. The molecule has 0 saturated carbocycles. The molecule has 1 heterocycles. The molecule has 12 heteroatoms. The van der Waals surface area contributed by atoms with E-state index in [9.17, 15) is 19.8 Å². The Morgan fingerprint density at radius 3 is 1.39 bits per heavy atom. The van der Waals surface area contributed by atoms with Crippen molar-refractivity contribution in [2.75, 3.05) is 21.3 Å². The maximum Gasteiger partial charge on any atom is 0.353 e. The molecule has 0 aliphatic rings. The molecule has 2 N–H and O–H groups in total. The highest BCUT2D eigenvalue weighted by Crippen LogP contribution is 2.47. The Bertz CT molecular complexity index is 1510. The van der Waals surface area contributed by atoms with Gasteiger partial charge in [-0.05, 0) is 123 Å². The van der Waals surface area contributed by atoms with Gasteiger partial charge in [-0.2, -0.15) is 0 Å². The quantitative estimate of drug-likeness (QED) is 0.165. The average molecular weight is 817 g/mol. The number of aromatic carboxylic acids is 2. The van der Waals surface area contributed by atoms with E-state index >= 15 is 0 Å². The number of methoxy groups -OCH3 is 3. The van der Waals surface area contributed by atoms with Crippen LogP contribution in [0, 0.1) is 0 Å². The summed E-state index contributed by atoms with van der Waals surface area (Å²) in [6, 6.07) is 14.2. The number of halogens is 4. The van der Waals surface area contributed by atoms with Crippen LogP contribution in [0.5, 0.6) is 17.2 Å². The summed E-state index contributed by atoms with van der Waals surface area (Å²) >= 11 is 14.0. The fourth-order valence-corrected chi connectivity index (χ4v) is 7.70. The van der Waals surface area contributed by atoms with Crippen molar-refractivity contribution < 1.29 is 34.0 Å². The van der Waals surface area contributed by atoms with E-state index in [4.69, 9.17) is 14.2 Å². The number of hydrogen-bond acceptors (Lipinski definition) is 5. The summed E-state index contributed by atoms with van der Waals surface area (Å²) in [7, 11) is 4.61. The fourth-order valence-electron chi connectivity index (χ4n) is 4.68. The van der Waals surface area contributed by atoms with Gasteiger partial charge >= 0.3 is 11.9 Å². The molecule has 0 fully saturated rings. The second-order valence-corrected chi connectivity index (χ2v) is 12.2. The largest absolute Gasteiger partial charge is 0.497 e. The fraction of sp³-hybridized carbons (Fsp3) is 0.172. The van der Waals surface area contributed by atoms with Gasteiger partial charge in [0.1, 0.15) is 28.6 Å². The number of carbonyl (C=O) groups is 2. The van der Waals surface area contributed by atoms with E-state index in [1.807, 2.05) is 12.1 Å². The molecular weight excluding hydrogens is 794 g/mol. The van der Waals surface area contributed by atoms with Crippen molar-refractivity contribution in [3.05, 3.63) is 83.4 Å². The predicted octanol–water partition coefficient (Wildman–Crippen LogP) is 8.54. The highest BCUT2D eigenvalue weighted by molar-refractivity contribution is 9.11. The van der Waals surface area contributed by atoms with Crippen LogP contribution >= 0.6 is 63.7 Å². The van der Waals surface area contributed by atoms with E-state index in [0.717, 1.165) is 5.56 Å². The van der Waals surface area contributed by atoms with E-state index < -0.39 is 11.9 Å². The Balaban J connectivity index is 2.07. The molecule has 1 aromatic heterocycles. The summed E-state index contributed by atoms with van der Waals surface area (Å²) in [4.78, 5) is 25.9. The van der Waals surface area contributed by atoms with Crippen molar-refractivity contribution in [1.29, 1.82) is 0 Å². The Morgan fingerprint density at radius 2 is 1.07 bits per heavy atom. The first-order chi connectivity index (χ1) is 19.5. The van der Waals surface area contributed by atoms with Crippen LogP contribution in [0.3, 0.4) is 0 Å². The number of ether oxygens (including phenoxy) is 3. The molecule has 0 saturated heterocycles. The second kappa shape index (κ2) is 13.0. The van der Waals surface area contributed by atoms with Crippen LogP contribution in [0.1, 0.15) is 26.5 Å². The number of hydrogen-bond donors (Lipinski definition) is 2. The Kier molecular flexibility index (Phi) is 9.89. The first-order valence-corrected chi connectivity index (χ1v) is 15.1. The Labute approximate surface area is 269 Å². The molecule has 0 unspecified atom stereocenters. The first kappa shape index (κ1) is 31.1. The third-order valence-electron chi connectivity index (χ3n) is 6.43. The zero-order chi connectivity index (χ0) is 30.0. The summed E-state index contributed by atoms with van der Waals surface area (Å²) in [5.74, 6) is -0.821. The Morgan fingerprint density at radius 1 is 0.683 bits per heavy atom. The van der Waals surface area contributed by atoms with Crippen LogP contribution in [0.25, 0.3) is 22.3 Å². The molecule has 0 atom stereocenters. The highest BCUT2D eigenvalue weighted by Gasteiger charge is 2.33. The molecule has 0 bridgehead atoms. The van der Waals surface area contributed by atoms with Gasteiger partial charge in [-0.1, -0.05) is 12.1 Å². The number of rotatable bonds is 10. The van der Waals surface area contributed by atoms with Crippen molar-refractivity contribution in [1.82, 2.24) is 4.57 Å². The average Bonchev–Trinajstić information content (AvgIpc) is 3.27. The molecule has 0 radical (unpaired) electrons. The van der Waals surface area contributed by atoms with Gasteiger partial charge in [-0.25, -0.2) is 9.59 Å². The summed E-state index contributed by atoms with van der Waals surface area (Å²) in [5.41, 5.74) is 2.03. The lowest BCUT2D eigenvalue weighted by atomic mass is 9.94. The van der Waals surface area contributed by atoms with Crippen LogP contribution in [0.2, 0.25) is 0 Å². The lowest BCUT2D eigenvalue weighted by Gasteiger charge is -2.13. The number of nitrogens with zero attached hydrogens (tertiary/aromatic N) is 1. The minimum Gasteiger partial charge on any atom is -0.497 e. The van der Waals surface area contributed by atoms with Crippen molar-refractivity contribution >= 4 is 75.7 Å². The summed E-state index contributed by atoms with van der Waals surface area (Å²) in [6.07, 6.45) is 0.379. The zero-order valence-electron chi connectivity index (χ0n) is 21.9. The number of carboxylic acid groups (broad SMARTS) is 2. The molecular formula is C29H23Br4NO7. The molecule has 0 aliphatic heterocycles. The summed E-state index contributed by atoms with van der Waals surface area (Å²) in [6.45, 7) is 0.0968. The van der Waals surface area contributed by atoms with Crippen molar-refractivity contribution in [2.24, 2.45) is 0 Å². The molecule has 8 nitrogen and oxygen atoms in total. The number of aromatic nitrogens is 1. The third kappa shape index (κ3) is 6.20. The van der Waals surface area contributed by atoms with Gasteiger partial charge in [-0.3, -0.25) is 0 Å². The maximum absolute atomic E-state index is 12.9. The highest BCUT2D eigenvalue weighted by atomic mass is 79.9. The molecule has 4 rings (SSSR count). The van der Waals surface area contributed by atoms with Gasteiger partial charge in [0, 0.05) is 17.7 Å². The van der Waals surface area contributed by atoms with Gasteiger partial charge in [0.2, 0.25) is 0 Å². The van der Waals surface area contributed by atoms with Gasteiger partial charge < -0.3 is 29.0 Å². The smallest absolute Gasteiger partial charge is 0.353 e. The first-order valence-electron chi connectivity index (χ1n) is 11.9. The van der Waals surface area contributed by atoms with Crippen molar-refractivity contribution in [3.63, 3.8) is 0 Å². The SMILES string of the molecule is COc1ccc(CCn2c(C(=O)O)c(-c3cc(Br)c(OC)c(Br)c3)c(-c3cc(Br)c(OC)c(Br)c3)c2C(=O)O)cc1. The minimum absolute atomic E-state index is 0.0968. The summed E-state index contributed by atoms with van der Waals surface area (Å²) in [5, 5.41) is 21.1. The van der Waals surface area contributed by atoms with Gasteiger partial charge in [0.15, 0.2) is 0 Å². The number of carboxylic acids is 2. The van der Waals surface area contributed by atoms with E-state index in [0.29, 0.717) is 52.7 Å². The molecule has 3 aromatic carbocycles. The van der Waals surface area contributed by atoms with E-state index in [-0.39, 0.29) is 29.1 Å². The standard InChI is InChI=1S/C29H23Br4NO7/c1-39-17-6-4-14(5-7-17)8-9-34-24(28(35)36)22(15-10-18(30)26(40-2)19(31)11-15)23(25(34)29(37)38)16-12-20(32)27(41-3)21(33)13-16/h4-7,10-13H,8-9H2,1-3H3,(H,35,36)(H,37,38).